The minimum absolute atomic E-state index is 0.0579. The highest BCUT2D eigenvalue weighted by Gasteiger charge is 2.12. The summed E-state index contributed by atoms with van der Waals surface area (Å²) in [6.45, 7) is 1.50. The fourth-order valence-corrected chi connectivity index (χ4v) is 3.00. The van der Waals surface area contributed by atoms with Crippen molar-refractivity contribution in [3.05, 3.63) is 66.1 Å². The summed E-state index contributed by atoms with van der Waals surface area (Å²) in [7, 11) is 0. The van der Waals surface area contributed by atoms with Crippen molar-refractivity contribution in [2.24, 2.45) is 0 Å². The van der Waals surface area contributed by atoms with Crippen LogP contribution in [0.5, 0.6) is 0 Å². The average molecular weight is 425 g/mol. The molecule has 0 radical (unpaired) electrons. The first-order valence-corrected chi connectivity index (χ1v) is 9.94. The van der Waals surface area contributed by atoms with Gasteiger partial charge in [-0.25, -0.2) is 0 Å². The molecule has 0 atom stereocenters. The van der Waals surface area contributed by atoms with E-state index >= 15 is 0 Å². The highest BCUT2D eigenvalue weighted by Crippen LogP contribution is 2.18. The summed E-state index contributed by atoms with van der Waals surface area (Å²) in [5.74, 6) is -0.407. The molecule has 2 aromatic carbocycles. The van der Waals surface area contributed by atoms with E-state index in [0.29, 0.717) is 16.9 Å². The van der Waals surface area contributed by atoms with Crippen LogP contribution in [0.2, 0.25) is 0 Å². The maximum absolute atomic E-state index is 12.1. The number of nitrogens with zero attached hydrogens (tertiary/aromatic N) is 2. The molecule has 30 heavy (non-hydrogen) atoms. The molecule has 0 aliphatic heterocycles. The monoisotopic (exact) mass is 425 g/mol. The molecule has 9 nitrogen and oxygen atoms in total. The maximum Gasteiger partial charge on any atom is 0.277 e. The van der Waals surface area contributed by atoms with Crippen LogP contribution in [0.25, 0.3) is 0 Å². The molecule has 1 aromatic heterocycles. The largest absolute Gasteiger partial charge is 0.414 e. The third kappa shape index (κ3) is 6.45. The number of thioether (sulfide) groups is 1. The molecule has 3 aromatic rings. The molecule has 0 fully saturated rings. The van der Waals surface area contributed by atoms with Gasteiger partial charge in [-0.3, -0.25) is 14.4 Å². The van der Waals surface area contributed by atoms with Crippen molar-refractivity contribution < 1.29 is 18.8 Å². The van der Waals surface area contributed by atoms with Crippen molar-refractivity contribution >= 4 is 40.9 Å². The van der Waals surface area contributed by atoms with Crippen LogP contribution in [-0.4, -0.2) is 33.7 Å². The predicted octanol–water partition coefficient (Wildman–Crippen LogP) is 2.69. The third-order valence-electron chi connectivity index (χ3n) is 3.68. The molecule has 154 valence electrons. The Balaban J connectivity index is 1.45. The van der Waals surface area contributed by atoms with Gasteiger partial charge in [-0.15, -0.1) is 10.2 Å². The second-order valence-corrected chi connectivity index (χ2v) is 7.04. The summed E-state index contributed by atoms with van der Waals surface area (Å²) in [6, 6.07) is 15.6. The van der Waals surface area contributed by atoms with Crippen LogP contribution in [0, 0.1) is 0 Å². The molecule has 0 aliphatic rings. The molecule has 0 saturated heterocycles. The topological polar surface area (TPSA) is 126 Å². The first-order chi connectivity index (χ1) is 14.5. The fourth-order valence-electron chi connectivity index (χ4n) is 2.42. The Kier molecular flexibility index (Phi) is 7.17. The fraction of sp³-hybridized carbons (Fsp3) is 0.150. The molecule has 0 saturated carbocycles. The number of anilines is 2. The van der Waals surface area contributed by atoms with Crippen LogP contribution in [0.15, 0.2) is 64.2 Å². The molecule has 0 unspecified atom stereocenters. The summed E-state index contributed by atoms with van der Waals surface area (Å²) < 4.78 is 5.43. The van der Waals surface area contributed by atoms with Gasteiger partial charge >= 0.3 is 0 Å². The number of amides is 3. The van der Waals surface area contributed by atoms with E-state index in [0.717, 1.165) is 11.8 Å². The van der Waals surface area contributed by atoms with E-state index in [4.69, 9.17) is 4.42 Å². The van der Waals surface area contributed by atoms with Crippen molar-refractivity contribution in [2.45, 2.75) is 18.7 Å². The molecule has 1 heterocycles. The number of hydrogen-bond donors (Lipinski definition) is 3. The summed E-state index contributed by atoms with van der Waals surface area (Å²) >= 11 is 1.08. The molecule has 3 N–H and O–H groups in total. The molecule has 3 amide bonds. The Morgan fingerprint density at radius 3 is 2.43 bits per heavy atom. The molecule has 0 bridgehead atoms. The summed E-state index contributed by atoms with van der Waals surface area (Å²) in [5, 5.41) is 16.0. The van der Waals surface area contributed by atoms with Crippen LogP contribution in [0.3, 0.4) is 0 Å². The molecule has 3 rings (SSSR count). The number of hydrogen-bond acceptors (Lipinski definition) is 7. The normalized spacial score (nSPS) is 10.3. The lowest BCUT2D eigenvalue weighted by Crippen LogP contribution is -2.22. The van der Waals surface area contributed by atoms with Gasteiger partial charge in [-0.1, -0.05) is 36.0 Å². The van der Waals surface area contributed by atoms with E-state index in [1.165, 1.54) is 6.92 Å². The minimum Gasteiger partial charge on any atom is -0.414 e. The Bertz CT molecular complexity index is 1040. The number of benzene rings is 2. The highest BCUT2D eigenvalue weighted by atomic mass is 32.2. The first-order valence-electron chi connectivity index (χ1n) is 8.95. The van der Waals surface area contributed by atoms with Gasteiger partial charge in [0.25, 0.3) is 11.1 Å². The molecule has 0 aliphatic carbocycles. The zero-order valence-corrected chi connectivity index (χ0v) is 16.9. The van der Waals surface area contributed by atoms with Crippen molar-refractivity contribution in [3.8, 4) is 0 Å². The van der Waals surface area contributed by atoms with E-state index < -0.39 is 0 Å². The summed E-state index contributed by atoms with van der Waals surface area (Å²) in [6.07, 6.45) is 0. The zero-order valence-electron chi connectivity index (χ0n) is 16.0. The van der Waals surface area contributed by atoms with E-state index in [1.54, 1.807) is 48.5 Å². The van der Waals surface area contributed by atoms with Crippen LogP contribution >= 0.6 is 11.8 Å². The minimum atomic E-state index is -0.267. The second-order valence-electron chi connectivity index (χ2n) is 6.11. The van der Waals surface area contributed by atoms with Gasteiger partial charge in [0.1, 0.15) is 0 Å². The zero-order chi connectivity index (χ0) is 21.3. The Hall–Kier alpha value is -3.66. The lowest BCUT2D eigenvalue weighted by atomic mass is 10.2. The Morgan fingerprint density at radius 2 is 1.70 bits per heavy atom. The van der Waals surface area contributed by atoms with Gasteiger partial charge in [0.05, 0.1) is 12.3 Å². The van der Waals surface area contributed by atoms with Gasteiger partial charge in [0, 0.05) is 23.9 Å². The SMILES string of the molecule is CC(=O)Nc1cccc(NC(=O)CSc2nnc(CNC(=O)c3ccccc3)o2)c1. The highest BCUT2D eigenvalue weighted by molar-refractivity contribution is 7.99. The first kappa shape index (κ1) is 21.1. The van der Waals surface area contributed by atoms with Crippen LogP contribution in [0.1, 0.15) is 23.2 Å². The maximum atomic E-state index is 12.1. The van der Waals surface area contributed by atoms with E-state index in [2.05, 4.69) is 26.1 Å². The number of rotatable bonds is 8. The van der Waals surface area contributed by atoms with Crippen LogP contribution in [-0.2, 0) is 16.1 Å². The van der Waals surface area contributed by atoms with Crippen molar-refractivity contribution in [2.75, 3.05) is 16.4 Å². The van der Waals surface area contributed by atoms with Crippen molar-refractivity contribution in [1.29, 1.82) is 0 Å². The number of nitrogens with one attached hydrogen (secondary N) is 3. The quantitative estimate of drug-likeness (QED) is 0.474. The molecule has 10 heteroatoms. The number of carbonyl (C=O) groups excluding carboxylic acids is 3. The standard InChI is InChI=1S/C20H19N5O4S/c1-13(26)22-15-8-5-9-16(10-15)23-17(27)12-30-20-25-24-18(29-20)11-21-19(28)14-6-3-2-4-7-14/h2-10H,11-12H2,1H3,(H,21,28)(H,22,26)(H,23,27). The number of aromatic nitrogens is 2. The van der Waals surface area contributed by atoms with Gasteiger partial charge in [0.15, 0.2) is 0 Å². The lowest BCUT2D eigenvalue weighted by Gasteiger charge is -2.07. The van der Waals surface area contributed by atoms with Gasteiger partial charge in [-0.2, -0.15) is 0 Å². The van der Waals surface area contributed by atoms with E-state index in [1.807, 2.05) is 6.07 Å². The van der Waals surface area contributed by atoms with E-state index in [-0.39, 0.29) is 41.1 Å². The van der Waals surface area contributed by atoms with Gasteiger partial charge < -0.3 is 20.4 Å². The lowest BCUT2D eigenvalue weighted by molar-refractivity contribution is -0.114. The molecular weight excluding hydrogens is 406 g/mol. The number of carbonyl (C=O) groups is 3. The van der Waals surface area contributed by atoms with E-state index in [9.17, 15) is 14.4 Å². The molecule has 0 spiro atoms. The summed E-state index contributed by atoms with van der Waals surface area (Å²) in [4.78, 5) is 35.3. The third-order valence-corrected chi connectivity index (χ3v) is 4.50. The molecular formula is C20H19N5O4S. The van der Waals surface area contributed by atoms with Gasteiger partial charge in [0.2, 0.25) is 17.7 Å². The van der Waals surface area contributed by atoms with Crippen LogP contribution in [0.4, 0.5) is 11.4 Å². The van der Waals surface area contributed by atoms with Crippen molar-refractivity contribution in [3.63, 3.8) is 0 Å². The predicted molar refractivity (Wildman–Crippen MR) is 112 cm³/mol. The average Bonchev–Trinajstić information content (AvgIpc) is 3.19. The van der Waals surface area contributed by atoms with Crippen molar-refractivity contribution in [1.82, 2.24) is 15.5 Å². The van der Waals surface area contributed by atoms with Crippen LogP contribution < -0.4 is 16.0 Å². The smallest absolute Gasteiger partial charge is 0.277 e. The summed E-state index contributed by atoms with van der Waals surface area (Å²) in [5.41, 5.74) is 1.68. The van der Waals surface area contributed by atoms with Gasteiger partial charge in [-0.05, 0) is 30.3 Å². The Morgan fingerprint density at radius 1 is 0.967 bits per heavy atom. The second kappa shape index (κ2) is 10.2. The Labute approximate surface area is 176 Å².